The van der Waals surface area contributed by atoms with Crippen molar-refractivity contribution in [2.24, 2.45) is 0 Å². The monoisotopic (exact) mass is 454 g/mol. The molecule has 1 aromatic heterocycles. The zero-order chi connectivity index (χ0) is 20.3. The van der Waals surface area contributed by atoms with Crippen LogP contribution in [-0.2, 0) is 6.61 Å². The molecular weight excluding hydrogens is 443 g/mol. The van der Waals surface area contributed by atoms with Crippen LogP contribution in [0.1, 0.15) is 16.1 Å². The fraction of sp³-hybridized carbons (Fsp3) is 0.0526. The van der Waals surface area contributed by atoms with E-state index in [1.165, 1.54) is 12.1 Å². The van der Waals surface area contributed by atoms with Gasteiger partial charge in [-0.25, -0.2) is 0 Å². The van der Waals surface area contributed by atoms with Crippen molar-refractivity contribution in [3.63, 3.8) is 0 Å². The van der Waals surface area contributed by atoms with Crippen LogP contribution < -0.4 is 10.6 Å². The molecule has 2 aromatic carbocycles. The zero-order valence-electron chi connectivity index (χ0n) is 14.1. The van der Waals surface area contributed by atoms with Gasteiger partial charge in [0.2, 0.25) is 0 Å². The molecule has 28 heavy (non-hydrogen) atoms. The Labute approximate surface area is 181 Å². The fourth-order valence-corrected chi connectivity index (χ4v) is 3.13. The third-order valence-electron chi connectivity index (χ3n) is 3.72. The van der Waals surface area contributed by atoms with Crippen LogP contribution >= 0.6 is 47.0 Å². The van der Waals surface area contributed by atoms with E-state index in [1.807, 2.05) is 0 Å². The number of aliphatic hydroxyl groups excluding tert-OH is 1. The summed E-state index contributed by atoms with van der Waals surface area (Å²) in [6.45, 7) is -0.194. The number of furan rings is 1. The van der Waals surface area contributed by atoms with Gasteiger partial charge in [0, 0.05) is 10.6 Å². The average Bonchev–Trinajstić information content (AvgIpc) is 3.14. The van der Waals surface area contributed by atoms with Gasteiger partial charge >= 0.3 is 0 Å². The molecule has 0 spiro atoms. The lowest BCUT2D eigenvalue weighted by molar-refractivity contribution is 0.0978. The zero-order valence-corrected chi connectivity index (χ0v) is 17.2. The van der Waals surface area contributed by atoms with Gasteiger partial charge in [-0.15, -0.1) is 0 Å². The Hall–Kier alpha value is -2.09. The summed E-state index contributed by atoms with van der Waals surface area (Å²) in [6, 6.07) is 13.1. The Kier molecular flexibility index (Phi) is 6.59. The van der Waals surface area contributed by atoms with Crippen LogP contribution in [0.25, 0.3) is 11.3 Å². The van der Waals surface area contributed by atoms with Crippen molar-refractivity contribution in [2.45, 2.75) is 6.61 Å². The predicted molar refractivity (Wildman–Crippen MR) is 115 cm³/mol. The number of benzene rings is 2. The van der Waals surface area contributed by atoms with Gasteiger partial charge in [0.25, 0.3) is 5.91 Å². The molecule has 3 N–H and O–H groups in total. The molecule has 5 nitrogen and oxygen atoms in total. The van der Waals surface area contributed by atoms with Crippen LogP contribution in [-0.4, -0.2) is 16.1 Å². The maximum Gasteiger partial charge on any atom is 0.258 e. The molecule has 1 amide bonds. The molecule has 0 fully saturated rings. The Morgan fingerprint density at radius 1 is 1.04 bits per heavy atom. The lowest BCUT2D eigenvalue weighted by Gasteiger charge is -2.12. The molecule has 0 radical (unpaired) electrons. The molecule has 0 aliphatic heterocycles. The van der Waals surface area contributed by atoms with Crippen molar-refractivity contribution < 1.29 is 14.3 Å². The second-order valence-corrected chi connectivity index (χ2v) is 7.31. The lowest BCUT2D eigenvalue weighted by atomic mass is 10.1. The Morgan fingerprint density at radius 3 is 2.50 bits per heavy atom. The van der Waals surface area contributed by atoms with Gasteiger partial charge < -0.3 is 14.8 Å². The summed E-state index contributed by atoms with van der Waals surface area (Å²) in [5.41, 5.74) is 1.40. The molecule has 144 valence electrons. The van der Waals surface area contributed by atoms with Crippen LogP contribution in [0.15, 0.2) is 52.9 Å². The molecule has 0 atom stereocenters. The van der Waals surface area contributed by atoms with Gasteiger partial charge in [-0.3, -0.25) is 10.1 Å². The maximum atomic E-state index is 12.4. The highest BCUT2D eigenvalue weighted by Crippen LogP contribution is 2.30. The molecule has 0 aliphatic carbocycles. The molecule has 3 aromatic rings. The fourth-order valence-electron chi connectivity index (χ4n) is 2.39. The minimum absolute atomic E-state index is 0.0376. The number of rotatable bonds is 4. The van der Waals surface area contributed by atoms with Crippen molar-refractivity contribution in [3.05, 3.63) is 74.9 Å². The van der Waals surface area contributed by atoms with Gasteiger partial charge in [0.1, 0.15) is 18.1 Å². The normalized spacial score (nSPS) is 10.6. The summed E-state index contributed by atoms with van der Waals surface area (Å²) in [5, 5.41) is 15.6. The van der Waals surface area contributed by atoms with Gasteiger partial charge in [-0.05, 0) is 60.7 Å². The first-order chi connectivity index (χ1) is 13.4. The number of aliphatic hydroxyl groups is 1. The minimum Gasteiger partial charge on any atom is -0.459 e. The highest BCUT2D eigenvalue weighted by atomic mass is 35.5. The number of carbonyl (C=O) groups is 1. The number of hydrogen-bond acceptors (Lipinski definition) is 4. The van der Waals surface area contributed by atoms with Crippen molar-refractivity contribution in [2.75, 3.05) is 5.32 Å². The summed E-state index contributed by atoms with van der Waals surface area (Å²) < 4.78 is 5.51. The van der Waals surface area contributed by atoms with Crippen LogP contribution in [0, 0.1) is 0 Å². The topological polar surface area (TPSA) is 74.5 Å². The van der Waals surface area contributed by atoms with E-state index in [2.05, 4.69) is 10.6 Å². The Bertz CT molecular complexity index is 1050. The van der Waals surface area contributed by atoms with E-state index in [4.69, 9.17) is 56.5 Å². The summed E-state index contributed by atoms with van der Waals surface area (Å²) in [7, 11) is 0. The van der Waals surface area contributed by atoms with Crippen LogP contribution in [0.4, 0.5) is 5.69 Å². The largest absolute Gasteiger partial charge is 0.459 e. The molecule has 9 heteroatoms. The molecule has 0 unspecified atom stereocenters. The molecule has 0 saturated heterocycles. The Morgan fingerprint density at radius 2 is 1.79 bits per heavy atom. The number of anilines is 1. The predicted octanol–water partition coefficient (Wildman–Crippen LogP) is 5.53. The summed E-state index contributed by atoms with van der Waals surface area (Å²) >= 11 is 23.3. The molecule has 3 rings (SSSR count). The first-order valence-corrected chi connectivity index (χ1v) is 9.48. The lowest BCUT2D eigenvalue weighted by Crippen LogP contribution is -2.34. The summed E-state index contributed by atoms with van der Waals surface area (Å²) in [4.78, 5) is 12.4. The molecule has 0 bridgehead atoms. The number of amides is 1. The summed E-state index contributed by atoms with van der Waals surface area (Å²) in [6.07, 6.45) is 0. The van der Waals surface area contributed by atoms with Gasteiger partial charge in [-0.2, -0.15) is 0 Å². The van der Waals surface area contributed by atoms with E-state index in [-0.39, 0.29) is 22.3 Å². The number of nitrogens with one attached hydrogen (secondary N) is 2. The third-order valence-corrected chi connectivity index (χ3v) is 4.82. The minimum atomic E-state index is -0.504. The molecular formula is C19H13Cl3N2O3S. The van der Waals surface area contributed by atoms with Gasteiger partial charge in [0.15, 0.2) is 5.11 Å². The first-order valence-electron chi connectivity index (χ1n) is 7.94. The van der Waals surface area contributed by atoms with Crippen molar-refractivity contribution in [1.29, 1.82) is 0 Å². The van der Waals surface area contributed by atoms with Crippen molar-refractivity contribution >= 4 is 63.7 Å². The standard InChI is InChI=1S/C19H13Cl3N2O3S/c20-11-2-5-14(21)13(8-11)18(26)24-19(28)23-16-7-10(1-4-15(16)22)17-6-3-12(9-25)27-17/h1-8,25H,9H2,(H2,23,24,26,28). The van der Waals surface area contributed by atoms with Crippen LogP contribution in [0.5, 0.6) is 0 Å². The van der Waals surface area contributed by atoms with E-state index in [1.54, 1.807) is 36.4 Å². The quantitative estimate of drug-likeness (QED) is 0.451. The summed E-state index contributed by atoms with van der Waals surface area (Å²) in [5.74, 6) is 0.501. The second-order valence-electron chi connectivity index (χ2n) is 5.65. The third kappa shape index (κ3) is 4.84. The van der Waals surface area contributed by atoms with Crippen molar-refractivity contribution in [3.8, 4) is 11.3 Å². The smallest absolute Gasteiger partial charge is 0.258 e. The molecule has 0 saturated carbocycles. The average molecular weight is 456 g/mol. The maximum absolute atomic E-state index is 12.4. The Balaban J connectivity index is 1.75. The van der Waals surface area contributed by atoms with Crippen molar-refractivity contribution in [1.82, 2.24) is 5.32 Å². The van der Waals surface area contributed by atoms with Gasteiger partial charge in [-0.1, -0.05) is 34.8 Å². The second kappa shape index (κ2) is 8.94. The molecule has 1 heterocycles. The van der Waals surface area contributed by atoms with E-state index in [0.29, 0.717) is 27.3 Å². The highest BCUT2D eigenvalue weighted by Gasteiger charge is 2.14. The molecule has 0 aliphatic rings. The van der Waals surface area contributed by atoms with E-state index in [0.717, 1.165) is 5.56 Å². The van der Waals surface area contributed by atoms with Gasteiger partial charge in [0.05, 0.1) is 21.3 Å². The highest BCUT2D eigenvalue weighted by molar-refractivity contribution is 7.80. The number of carbonyl (C=O) groups excluding carboxylic acids is 1. The first kappa shape index (κ1) is 20.6. The van der Waals surface area contributed by atoms with E-state index < -0.39 is 5.91 Å². The SMILES string of the molecule is O=C(NC(=S)Nc1cc(-c2ccc(CO)o2)ccc1Cl)c1cc(Cl)ccc1Cl. The van der Waals surface area contributed by atoms with Crippen LogP contribution in [0.2, 0.25) is 15.1 Å². The van der Waals surface area contributed by atoms with E-state index >= 15 is 0 Å². The van der Waals surface area contributed by atoms with Crippen LogP contribution in [0.3, 0.4) is 0 Å². The number of hydrogen-bond donors (Lipinski definition) is 3. The van der Waals surface area contributed by atoms with E-state index in [9.17, 15) is 4.79 Å². The number of halogens is 3. The number of thiocarbonyl (C=S) groups is 1.